The van der Waals surface area contributed by atoms with Crippen LogP contribution < -0.4 is 10.6 Å². The smallest absolute Gasteiger partial charge is 0.265 e. The van der Waals surface area contributed by atoms with Gasteiger partial charge in [-0.3, -0.25) is 9.59 Å². The Morgan fingerprint density at radius 3 is 2.47 bits per heavy atom. The highest BCUT2D eigenvalue weighted by Gasteiger charge is 2.10. The summed E-state index contributed by atoms with van der Waals surface area (Å²) >= 11 is 6.59. The molecule has 0 radical (unpaired) electrons. The second-order valence-corrected chi connectivity index (χ2v) is 5.02. The van der Waals surface area contributed by atoms with Crippen molar-refractivity contribution in [2.75, 3.05) is 16.5 Å². The van der Waals surface area contributed by atoms with Crippen molar-refractivity contribution in [1.29, 1.82) is 0 Å². The number of para-hydroxylation sites is 1. The Kier molecular flexibility index (Phi) is 4.54. The van der Waals surface area contributed by atoms with Gasteiger partial charge >= 0.3 is 0 Å². The van der Waals surface area contributed by atoms with Crippen molar-refractivity contribution in [3.8, 4) is 0 Å². The standard InChI is InChI=1S/C13H11ClN2O2S/c14-8-11(17)16-12-7-6-10(19-12)13(18)15-9-4-2-1-3-5-9/h1-7H,8H2,(H,15,18)(H,16,17). The summed E-state index contributed by atoms with van der Waals surface area (Å²) in [6.45, 7) is 0. The van der Waals surface area contributed by atoms with E-state index in [0.29, 0.717) is 9.88 Å². The van der Waals surface area contributed by atoms with E-state index in [0.717, 1.165) is 5.69 Å². The van der Waals surface area contributed by atoms with Crippen LogP contribution in [0.25, 0.3) is 0 Å². The van der Waals surface area contributed by atoms with Crippen LogP contribution in [0.1, 0.15) is 9.67 Å². The third kappa shape index (κ3) is 3.81. The molecule has 0 aliphatic carbocycles. The van der Waals surface area contributed by atoms with Crippen molar-refractivity contribution in [3.63, 3.8) is 0 Å². The molecule has 19 heavy (non-hydrogen) atoms. The molecule has 0 spiro atoms. The first-order valence-electron chi connectivity index (χ1n) is 5.51. The molecule has 98 valence electrons. The van der Waals surface area contributed by atoms with Gasteiger partial charge in [0.25, 0.3) is 5.91 Å². The number of hydrogen-bond donors (Lipinski definition) is 2. The normalized spacial score (nSPS) is 9.95. The summed E-state index contributed by atoms with van der Waals surface area (Å²) in [5.41, 5.74) is 0.729. The molecule has 1 aromatic carbocycles. The van der Waals surface area contributed by atoms with E-state index in [1.54, 1.807) is 12.1 Å². The molecule has 0 aliphatic heterocycles. The van der Waals surface area contributed by atoms with Gasteiger partial charge in [0, 0.05) is 5.69 Å². The van der Waals surface area contributed by atoms with Crippen molar-refractivity contribution >= 4 is 45.4 Å². The van der Waals surface area contributed by atoms with Crippen LogP contribution in [-0.2, 0) is 4.79 Å². The lowest BCUT2D eigenvalue weighted by molar-refractivity contribution is -0.113. The second kappa shape index (κ2) is 6.36. The fourth-order valence-corrected chi connectivity index (χ4v) is 2.30. The average Bonchev–Trinajstić information content (AvgIpc) is 2.88. The maximum Gasteiger partial charge on any atom is 0.265 e. The Bertz CT molecular complexity index is 583. The predicted octanol–water partition coefficient (Wildman–Crippen LogP) is 3.18. The minimum absolute atomic E-state index is 0.108. The molecule has 0 bridgehead atoms. The fourth-order valence-electron chi connectivity index (χ4n) is 1.41. The summed E-state index contributed by atoms with van der Waals surface area (Å²) in [6.07, 6.45) is 0. The molecule has 2 rings (SSSR count). The maximum atomic E-state index is 11.9. The van der Waals surface area contributed by atoms with E-state index in [1.807, 2.05) is 30.3 Å². The number of carbonyl (C=O) groups is 2. The number of carbonyl (C=O) groups excluding carboxylic acids is 2. The Balaban J connectivity index is 2.02. The molecule has 1 aromatic heterocycles. The quantitative estimate of drug-likeness (QED) is 0.851. The molecule has 0 fully saturated rings. The number of nitrogens with one attached hydrogen (secondary N) is 2. The molecular formula is C13H11ClN2O2S. The number of thiophene rings is 1. The molecule has 2 aromatic rings. The Morgan fingerprint density at radius 1 is 1.05 bits per heavy atom. The predicted molar refractivity (Wildman–Crippen MR) is 78.1 cm³/mol. The Labute approximate surface area is 119 Å². The summed E-state index contributed by atoms with van der Waals surface area (Å²) in [4.78, 5) is 23.6. The first-order chi connectivity index (χ1) is 9.19. The Hall–Kier alpha value is -1.85. The number of alkyl halides is 1. The molecule has 0 saturated carbocycles. The molecule has 0 atom stereocenters. The number of anilines is 2. The number of amides is 2. The number of rotatable bonds is 4. The molecule has 0 aliphatic rings. The molecule has 2 N–H and O–H groups in total. The molecular weight excluding hydrogens is 284 g/mol. The summed E-state index contributed by atoms with van der Waals surface area (Å²) in [7, 11) is 0. The molecule has 0 saturated heterocycles. The number of benzene rings is 1. The van der Waals surface area contributed by atoms with E-state index in [2.05, 4.69) is 10.6 Å². The lowest BCUT2D eigenvalue weighted by Gasteiger charge is -2.02. The van der Waals surface area contributed by atoms with Gasteiger partial charge in [0.15, 0.2) is 0 Å². The summed E-state index contributed by atoms with van der Waals surface area (Å²) in [5, 5.41) is 5.97. The van der Waals surface area contributed by atoms with E-state index >= 15 is 0 Å². The van der Waals surface area contributed by atoms with Crippen molar-refractivity contribution in [1.82, 2.24) is 0 Å². The van der Waals surface area contributed by atoms with Crippen LogP contribution in [0.4, 0.5) is 10.7 Å². The third-order valence-electron chi connectivity index (χ3n) is 2.25. The lowest BCUT2D eigenvalue weighted by atomic mass is 10.3. The van der Waals surface area contributed by atoms with Gasteiger partial charge in [0.05, 0.1) is 9.88 Å². The average molecular weight is 295 g/mol. The highest BCUT2D eigenvalue weighted by atomic mass is 35.5. The van der Waals surface area contributed by atoms with Gasteiger partial charge in [-0.2, -0.15) is 0 Å². The highest BCUT2D eigenvalue weighted by Crippen LogP contribution is 2.22. The molecule has 6 heteroatoms. The SMILES string of the molecule is O=C(CCl)Nc1ccc(C(=O)Nc2ccccc2)s1. The minimum atomic E-state index is -0.293. The zero-order valence-electron chi connectivity index (χ0n) is 9.85. The molecule has 4 nitrogen and oxygen atoms in total. The third-order valence-corrected chi connectivity index (χ3v) is 3.49. The second-order valence-electron chi connectivity index (χ2n) is 3.67. The fraction of sp³-hybridized carbons (Fsp3) is 0.0769. The van der Waals surface area contributed by atoms with Gasteiger partial charge in [-0.05, 0) is 24.3 Å². The van der Waals surface area contributed by atoms with Crippen molar-refractivity contribution in [2.45, 2.75) is 0 Å². The van der Waals surface area contributed by atoms with Gasteiger partial charge in [-0.25, -0.2) is 0 Å². The van der Waals surface area contributed by atoms with Crippen LogP contribution in [0.5, 0.6) is 0 Å². The van der Waals surface area contributed by atoms with E-state index in [9.17, 15) is 9.59 Å². The summed E-state index contributed by atoms with van der Waals surface area (Å²) in [6, 6.07) is 12.5. The first kappa shape index (κ1) is 13.6. The topological polar surface area (TPSA) is 58.2 Å². The monoisotopic (exact) mass is 294 g/mol. The molecule has 1 heterocycles. The van der Waals surface area contributed by atoms with E-state index in [-0.39, 0.29) is 17.7 Å². The van der Waals surface area contributed by atoms with E-state index < -0.39 is 0 Å². The largest absolute Gasteiger partial charge is 0.321 e. The number of halogens is 1. The minimum Gasteiger partial charge on any atom is -0.321 e. The van der Waals surface area contributed by atoms with E-state index in [4.69, 9.17) is 11.6 Å². The zero-order chi connectivity index (χ0) is 13.7. The van der Waals surface area contributed by atoms with Crippen LogP contribution in [0.2, 0.25) is 0 Å². The Morgan fingerprint density at radius 2 is 1.79 bits per heavy atom. The van der Waals surface area contributed by atoms with Crippen LogP contribution in [0.3, 0.4) is 0 Å². The molecule has 2 amide bonds. The first-order valence-corrected chi connectivity index (χ1v) is 6.86. The van der Waals surface area contributed by atoms with Crippen LogP contribution in [0, 0.1) is 0 Å². The van der Waals surface area contributed by atoms with Gasteiger partial charge in [0.1, 0.15) is 5.88 Å². The summed E-state index contributed by atoms with van der Waals surface area (Å²) < 4.78 is 0. The van der Waals surface area contributed by atoms with Gasteiger partial charge in [-0.15, -0.1) is 22.9 Å². The van der Waals surface area contributed by atoms with Crippen LogP contribution in [-0.4, -0.2) is 17.7 Å². The molecule has 0 unspecified atom stereocenters. The van der Waals surface area contributed by atoms with Crippen LogP contribution >= 0.6 is 22.9 Å². The van der Waals surface area contributed by atoms with Crippen molar-refractivity contribution < 1.29 is 9.59 Å². The lowest BCUT2D eigenvalue weighted by Crippen LogP contribution is -2.11. The van der Waals surface area contributed by atoms with Gasteiger partial charge in [0.2, 0.25) is 5.91 Å². The van der Waals surface area contributed by atoms with E-state index in [1.165, 1.54) is 11.3 Å². The van der Waals surface area contributed by atoms with Crippen molar-refractivity contribution in [2.24, 2.45) is 0 Å². The van der Waals surface area contributed by atoms with Gasteiger partial charge in [-0.1, -0.05) is 18.2 Å². The summed E-state index contributed by atoms with van der Waals surface area (Å²) in [5.74, 6) is -0.607. The maximum absolute atomic E-state index is 11.9. The van der Waals surface area contributed by atoms with Gasteiger partial charge < -0.3 is 10.6 Å². The van der Waals surface area contributed by atoms with Crippen LogP contribution in [0.15, 0.2) is 42.5 Å². The highest BCUT2D eigenvalue weighted by molar-refractivity contribution is 7.18. The van der Waals surface area contributed by atoms with Crippen molar-refractivity contribution in [3.05, 3.63) is 47.3 Å². The zero-order valence-corrected chi connectivity index (χ0v) is 11.4. The number of hydrogen-bond acceptors (Lipinski definition) is 3.